The van der Waals surface area contributed by atoms with Gasteiger partial charge >= 0.3 is 235 Å². The van der Waals surface area contributed by atoms with Crippen LogP contribution in [0.15, 0.2) is 20.6 Å². The topological polar surface area (TPSA) is 78.9 Å². The molecule has 0 N–H and O–H groups in total. The van der Waals surface area contributed by atoms with Crippen molar-refractivity contribution in [2.45, 2.75) is 131 Å². The zero-order valence-electron chi connectivity index (χ0n) is 24.3. The van der Waals surface area contributed by atoms with Gasteiger partial charge in [-0.1, -0.05) is 0 Å². The van der Waals surface area contributed by atoms with Crippen LogP contribution in [0.1, 0.15) is 131 Å². The molecule has 0 radical (unpaired) electrons. The molecule has 0 spiro atoms. The van der Waals surface area contributed by atoms with Gasteiger partial charge in [0.15, 0.2) is 0 Å². The summed E-state index contributed by atoms with van der Waals surface area (Å²) in [5.74, 6) is -1.77. The van der Waals surface area contributed by atoms with Crippen molar-refractivity contribution in [3.05, 3.63) is 20.6 Å². The number of carbonyl (C=O) groups is 3. The molecule has 6 nitrogen and oxygen atoms in total. The summed E-state index contributed by atoms with van der Waals surface area (Å²) in [4.78, 5) is 41.3. The van der Waals surface area contributed by atoms with E-state index in [1.165, 1.54) is 0 Å². The van der Waals surface area contributed by atoms with E-state index in [9.17, 15) is 14.4 Å². The van der Waals surface area contributed by atoms with Crippen LogP contribution in [0.2, 0.25) is 0 Å². The van der Waals surface area contributed by atoms with E-state index in [1.54, 1.807) is 0 Å². The zero-order chi connectivity index (χ0) is 27.5. The molecule has 38 heavy (non-hydrogen) atoms. The molecular weight excluding hydrogens is 516 g/mol. The molecule has 0 aliphatic heterocycles. The molecule has 0 aromatic heterocycles. The van der Waals surface area contributed by atoms with Crippen LogP contribution >= 0.6 is 0 Å². The van der Waals surface area contributed by atoms with Crippen LogP contribution in [0.5, 0.6) is 0 Å². The summed E-state index contributed by atoms with van der Waals surface area (Å²) in [6.45, 7) is 10.3. The second kappa shape index (κ2) is 12.4. The van der Waals surface area contributed by atoms with Gasteiger partial charge in [0.05, 0.1) is 0 Å². The van der Waals surface area contributed by atoms with Crippen molar-refractivity contribution in [3.8, 4) is 0 Å². The van der Waals surface area contributed by atoms with E-state index in [1.807, 2.05) is 6.92 Å². The first-order chi connectivity index (χ1) is 18.1. The van der Waals surface area contributed by atoms with Crippen molar-refractivity contribution in [1.29, 1.82) is 0 Å². The van der Waals surface area contributed by atoms with Gasteiger partial charge in [0, 0.05) is 0 Å². The van der Waals surface area contributed by atoms with E-state index < -0.39 is 23.2 Å². The van der Waals surface area contributed by atoms with Crippen LogP contribution in [0.4, 0.5) is 0 Å². The minimum atomic E-state index is -5.03. The molecule has 0 bridgehead atoms. The van der Waals surface area contributed by atoms with E-state index in [4.69, 9.17) is 9.96 Å². The molecule has 0 saturated heterocycles. The van der Waals surface area contributed by atoms with Crippen LogP contribution in [0, 0.1) is 23.2 Å². The van der Waals surface area contributed by atoms with Crippen molar-refractivity contribution in [2.75, 3.05) is 0 Å². The van der Waals surface area contributed by atoms with Gasteiger partial charge in [-0.25, -0.2) is 0 Å². The molecule has 7 heteroatoms. The number of rotatable bonds is 7. The first kappa shape index (κ1) is 29.6. The van der Waals surface area contributed by atoms with E-state index in [2.05, 4.69) is 27.7 Å². The van der Waals surface area contributed by atoms with E-state index in [0.717, 1.165) is 117 Å². The summed E-state index contributed by atoms with van der Waals surface area (Å²) in [6, 6.07) is 0. The Morgan fingerprint density at radius 1 is 0.579 bits per heavy atom. The summed E-state index contributed by atoms with van der Waals surface area (Å²) in [5.41, 5.74) is 2.63. The van der Waals surface area contributed by atoms with Crippen LogP contribution in [-0.4, -0.2) is 17.9 Å². The Morgan fingerprint density at radius 3 is 1.16 bits per heavy atom. The Hall–Kier alpha value is -1.40. The third-order valence-electron chi connectivity index (χ3n) is 9.89. The maximum atomic E-state index is 13.8. The number of allylic oxidation sites excluding steroid dienone is 4. The number of carbonyl (C=O) groups excluding carboxylic acids is 3. The van der Waals surface area contributed by atoms with Crippen molar-refractivity contribution < 1.29 is 42.1 Å². The van der Waals surface area contributed by atoms with Crippen molar-refractivity contribution in [2.24, 2.45) is 23.2 Å². The van der Waals surface area contributed by atoms with Gasteiger partial charge in [0.1, 0.15) is 0 Å². The summed E-state index contributed by atoms with van der Waals surface area (Å²) in [7, 11) is 0. The summed E-state index contributed by atoms with van der Waals surface area (Å²) in [6.07, 6.45) is 13.8. The Bertz CT molecular complexity index is 895. The van der Waals surface area contributed by atoms with Gasteiger partial charge in [0.25, 0.3) is 0 Å². The standard InChI is InChI=1S/C10H15.3C7H12O2.Ti/c1-7-6-10(4,5)9(3)8(7)2;3*8-7(9)6-4-2-1-3-5-6;/h1-5H3;3*6H,1-5H2,(H,8,9);/q;;;;+3/p-3. The van der Waals surface area contributed by atoms with Crippen LogP contribution in [0.25, 0.3) is 0 Å². The van der Waals surface area contributed by atoms with Gasteiger partial charge in [0.2, 0.25) is 0 Å². The molecule has 0 atom stereocenters. The Morgan fingerprint density at radius 2 is 0.895 bits per heavy atom. The first-order valence-electron chi connectivity index (χ1n) is 15.2. The van der Waals surface area contributed by atoms with E-state index in [0.29, 0.717) is 0 Å². The molecule has 0 heterocycles. The second-order valence-electron chi connectivity index (χ2n) is 12.7. The Labute approximate surface area is 234 Å². The molecular formula is C31H48O6Ti. The number of hydrogen-bond acceptors (Lipinski definition) is 6. The molecule has 4 rings (SSSR count). The summed E-state index contributed by atoms with van der Waals surface area (Å²) >= 11 is -5.03. The fraction of sp³-hybridized carbons (Fsp3) is 0.774. The summed E-state index contributed by atoms with van der Waals surface area (Å²) < 4.78 is 20.2. The number of hydrogen-bond donors (Lipinski definition) is 0. The van der Waals surface area contributed by atoms with Crippen LogP contribution in [-0.2, 0) is 42.1 Å². The zero-order valence-corrected chi connectivity index (χ0v) is 25.8. The fourth-order valence-corrected chi connectivity index (χ4v) is 12.3. The third kappa shape index (κ3) is 6.17. The fourth-order valence-electron chi connectivity index (χ4n) is 7.08. The van der Waals surface area contributed by atoms with Gasteiger partial charge in [-0.2, -0.15) is 0 Å². The van der Waals surface area contributed by atoms with Gasteiger partial charge < -0.3 is 0 Å². The molecule has 3 saturated carbocycles. The Kier molecular flexibility index (Phi) is 9.66. The van der Waals surface area contributed by atoms with Gasteiger partial charge in [-0.15, -0.1) is 0 Å². The third-order valence-corrected chi connectivity index (χ3v) is 14.6. The van der Waals surface area contributed by atoms with Crippen LogP contribution in [0.3, 0.4) is 0 Å². The van der Waals surface area contributed by atoms with E-state index in [-0.39, 0.29) is 35.7 Å². The first-order valence-corrected chi connectivity index (χ1v) is 17.8. The molecule has 212 valence electrons. The van der Waals surface area contributed by atoms with Crippen molar-refractivity contribution >= 4 is 17.9 Å². The van der Waals surface area contributed by atoms with Crippen molar-refractivity contribution in [1.82, 2.24) is 0 Å². The summed E-state index contributed by atoms with van der Waals surface area (Å²) in [5, 5.41) is 0. The Balaban J connectivity index is 1.77. The van der Waals surface area contributed by atoms with Gasteiger partial charge in [-0.3, -0.25) is 0 Å². The molecule has 0 aromatic carbocycles. The predicted octanol–water partition coefficient (Wildman–Crippen LogP) is 7.91. The molecule has 3 fully saturated rings. The molecule has 0 amide bonds. The molecule has 0 aromatic rings. The average molecular weight is 565 g/mol. The second-order valence-corrected chi connectivity index (χ2v) is 16.2. The SMILES string of the molecule is CC1=C(C)C(C)(C)[C]([Ti]([O]C(=O)C2CCCCC2)([O]C(=O)C2CCCCC2)[O]C(=O)C2CCCCC2)=C1C. The monoisotopic (exact) mass is 564 g/mol. The predicted molar refractivity (Wildman–Crippen MR) is 143 cm³/mol. The van der Waals surface area contributed by atoms with E-state index >= 15 is 0 Å². The molecule has 0 unspecified atom stereocenters. The van der Waals surface area contributed by atoms with Crippen LogP contribution < -0.4 is 0 Å². The van der Waals surface area contributed by atoms with Gasteiger partial charge in [-0.05, 0) is 0 Å². The quantitative estimate of drug-likeness (QED) is 0.293. The average Bonchev–Trinajstić information content (AvgIpc) is 3.08. The molecule has 4 aliphatic carbocycles. The minimum absolute atomic E-state index is 0.240. The molecule has 4 aliphatic rings. The van der Waals surface area contributed by atoms with Crippen molar-refractivity contribution in [3.63, 3.8) is 0 Å². The normalized spacial score (nSPS) is 23.9. The maximum absolute atomic E-state index is 13.8.